The molecule has 0 aliphatic heterocycles. The Hall–Kier alpha value is -2.88. The molecule has 0 aliphatic rings. The average Bonchev–Trinajstić information content (AvgIpc) is 2.56. The van der Waals surface area contributed by atoms with Crippen LogP contribution in [0.1, 0.15) is 24.2 Å². The second-order valence-electron chi connectivity index (χ2n) is 6.23. The Labute approximate surface area is 140 Å². The summed E-state index contributed by atoms with van der Waals surface area (Å²) in [7, 11) is 0. The zero-order valence-electron chi connectivity index (χ0n) is 13.6. The zero-order chi connectivity index (χ0) is 17.3. The summed E-state index contributed by atoms with van der Waals surface area (Å²) in [5.74, 6) is -1.58. The molecule has 0 aliphatic carbocycles. The molecule has 4 nitrogen and oxygen atoms in total. The first kappa shape index (κ1) is 16.0. The number of carbonyl (C=O) groups is 2. The fourth-order valence-corrected chi connectivity index (χ4v) is 2.99. The number of carboxylic acid groups (broad SMARTS) is 1. The molecule has 0 radical (unpaired) electrons. The van der Waals surface area contributed by atoms with Crippen molar-refractivity contribution >= 4 is 33.4 Å². The molecule has 0 saturated carbocycles. The molecule has 0 saturated heterocycles. The van der Waals surface area contributed by atoms with Gasteiger partial charge in [0, 0.05) is 0 Å². The zero-order valence-corrected chi connectivity index (χ0v) is 13.6. The van der Waals surface area contributed by atoms with Crippen LogP contribution in [0.5, 0.6) is 0 Å². The number of aliphatic carboxylic acids is 1. The summed E-state index contributed by atoms with van der Waals surface area (Å²) in [6.45, 7) is 3.56. The molecular weight excluding hydrogens is 302 g/mol. The lowest BCUT2D eigenvalue weighted by Gasteiger charge is -2.19. The smallest absolute Gasteiger partial charge is 0.326 e. The minimum Gasteiger partial charge on any atom is -0.480 e. The molecule has 1 amide bonds. The highest BCUT2D eigenvalue weighted by atomic mass is 16.4. The van der Waals surface area contributed by atoms with E-state index in [2.05, 4.69) is 5.32 Å². The van der Waals surface area contributed by atoms with E-state index in [1.54, 1.807) is 13.8 Å². The van der Waals surface area contributed by atoms with E-state index in [0.717, 1.165) is 21.5 Å². The van der Waals surface area contributed by atoms with Crippen LogP contribution in [0.25, 0.3) is 21.5 Å². The summed E-state index contributed by atoms with van der Waals surface area (Å²) in [5, 5.41) is 15.6. The molecule has 24 heavy (non-hydrogen) atoms. The minimum atomic E-state index is -1.03. The third-order valence-corrected chi connectivity index (χ3v) is 4.22. The number of benzene rings is 3. The van der Waals surface area contributed by atoms with Gasteiger partial charge in [-0.3, -0.25) is 4.79 Å². The van der Waals surface area contributed by atoms with Crippen LogP contribution in [0.3, 0.4) is 0 Å². The average molecular weight is 321 g/mol. The third-order valence-electron chi connectivity index (χ3n) is 4.22. The maximum absolute atomic E-state index is 12.9. The summed E-state index contributed by atoms with van der Waals surface area (Å²) in [6.07, 6.45) is 0. The maximum Gasteiger partial charge on any atom is 0.326 e. The van der Waals surface area contributed by atoms with Gasteiger partial charge in [-0.05, 0) is 33.5 Å². The normalized spacial score (nSPS) is 12.5. The Morgan fingerprint density at radius 2 is 1.42 bits per heavy atom. The Balaban J connectivity index is 2.18. The van der Waals surface area contributed by atoms with Crippen LogP contribution in [-0.4, -0.2) is 23.0 Å². The van der Waals surface area contributed by atoms with Crippen LogP contribution in [0.15, 0.2) is 54.6 Å². The van der Waals surface area contributed by atoms with Gasteiger partial charge in [-0.15, -0.1) is 0 Å². The Kier molecular flexibility index (Phi) is 4.21. The fraction of sp³-hybridized carbons (Fsp3) is 0.200. The summed E-state index contributed by atoms with van der Waals surface area (Å²) < 4.78 is 0. The van der Waals surface area contributed by atoms with Crippen molar-refractivity contribution in [2.24, 2.45) is 5.92 Å². The molecule has 122 valence electrons. The number of hydrogen-bond acceptors (Lipinski definition) is 2. The lowest BCUT2D eigenvalue weighted by molar-refractivity contribution is -0.140. The molecule has 0 bridgehead atoms. The van der Waals surface area contributed by atoms with Crippen LogP contribution < -0.4 is 5.32 Å². The van der Waals surface area contributed by atoms with Gasteiger partial charge in [0.05, 0.1) is 5.56 Å². The van der Waals surface area contributed by atoms with Crippen molar-refractivity contribution in [3.8, 4) is 0 Å². The molecule has 3 aromatic carbocycles. The number of carbonyl (C=O) groups excluding carboxylic acids is 1. The van der Waals surface area contributed by atoms with Gasteiger partial charge >= 0.3 is 5.97 Å². The quantitative estimate of drug-likeness (QED) is 0.718. The van der Waals surface area contributed by atoms with Crippen molar-refractivity contribution < 1.29 is 14.7 Å². The van der Waals surface area contributed by atoms with E-state index in [0.29, 0.717) is 5.56 Å². The Morgan fingerprint density at radius 1 is 0.917 bits per heavy atom. The molecule has 0 fully saturated rings. The first-order valence-electron chi connectivity index (χ1n) is 7.93. The molecule has 1 atom stereocenters. The molecule has 0 spiro atoms. The molecule has 0 heterocycles. The number of carboxylic acids is 1. The second kappa shape index (κ2) is 6.32. The maximum atomic E-state index is 12.9. The van der Waals surface area contributed by atoms with E-state index in [-0.39, 0.29) is 11.8 Å². The predicted octanol–water partition coefficient (Wildman–Crippen LogP) is 3.83. The first-order valence-corrected chi connectivity index (χ1v) is 7.93. The Morgan fingerprint density at radius 3 is 1.88 bits per heavy atom. The van der Waals surface area contributed by atoms with Gasteiger partial charge in [0.25, 0.3) is 5.91 Å². The number of nitrogens with one attached hydrogen (secondary N) is 1. The summed E-state index contributed by atoms with van der Waals surface area (Å²) in [6, 6.07) is 16.4. The van der Waals surface area contributed by atoms with Crippen molar-refractivity contribution in [1.82, 2.24) is 5.32 Å². The number of fused-ring (bicyclic) bond motifs is 2. The standard InChI is InChI=1S/C20H19NO3/c1-12(2)18(20(23)24)21-19(22)17-15-9-5-3-7-13(15)11-14-8-4-6-10-16(14)17/h3-12,18H,1-2H3,(H,21,22)(H,23,24)/t18-/m1/s1. The van der Waals surface area contributed by atoms with E-state index < -0.39 is 12.0 Å². The van der Waals surface area contributed by atoms with Gasteiger partial charge in [-0.25, -0.2) is 4.79 Å². The van der Waals surface area contributed by atoms with Gasteiger partial charge < -0.3 is 10.4 Å². The highest BCUT2D eigenvalue weighted by Gasteiger charge is 2.25. The van der Waals surface area contributed by atoms with Gasteiger partial charge in [-0.2, -0.15) is 0 Å². The van der Waals surface area contributed by atoms with Crippen LogP contribution in [-0.2, 0) is 4.79 Å². The first-order chi connectivity index (χ1) is 11.5. The van der Waals surface area contributed by atoms with Crippen LogP contribution in [0.4, 0.5) is 0 Å². The minimum absolute atomic E-state index is 0.201. The van der Waals surface area contributed by atoms with Crippen molar-refractivity contribution in [2.75, 3.05) is 0 Å². The molecule has 0 unspecified atom stereocenters. The summed E-state index contributed by atoms with van der Waals surface area (Å²) in [5.41, 5.74) is 0.524. The van der Waals surface area contributed by atoms with E-state index >= 15 is 0 Å². The predicted molar refractivity (Wildman–Crippen MR) is 95.2 cm³/mol. The Bertz CT molecular complexity index is 876. The van der Waals surface area contributed by atoms with Gasteiger partial charge in [-0.1, -0.05) is 62.4 Å². The van der Waals surface area contributed by atoms with Crippen LogP contribution in [0.2, 0.25) is 0 Å². The van der Waals surface area contributed by atoms with Crippen molar-refractivity contribution in [1.29, 1.82) is 0 Å². The monoisotopic (exact) mass is 321 g/mol. The van der Waals surface area contributed by atoms with Crippen LogP contribution in [0, 0.1) is 5.92 Å². The largest absolute Gasteiger partial charge is 0.480 e. The number of hydrogen-bond donors (Lipinski definition) is 2. The molecule has 2 N–H and O–H groups in total. The topological polar surface area (TPSA) is 66.4 Å². The summed E-state index contributed by atoms with van der Waals surface area (Å²) in [4.78, 5) is 24.3. The molecular formula is C20H19NO3. The lowest BCUT2D eigenvalue weighted by Crippen LogP contribution is -2.44. The highest BCUT2D eigenvalue weighted by Crippen LogP contribution is 2.28. The van der Waals surface area contributed by atoms with Crippen molar-refractivity contribution in [2.45, 2.75) is 19.9 Å². The van der Waals surface area contributed by atoms with Gasteiger partial charge in [0.1, 0.15) is 6.04 Å². The highest BCUT2D eigenvalue weighted by molar-refractivity contribution is 6.18. The lowest BCUT2D eigenvalue weighted by atomic mass is 9.95. The molecule has 3 aromatic rings. The fourth-order valence-electron chi connectivity index (χ4n) is 2.99. The summed E-state index contributed by atoms with van der Waals surface area (Å²) >= 11 is 0. The van der Waals surface area contributed by atoms with E-state index in [4.69, 9.17) is 0 Å². The molecule has 3 rings (SSSR count). The molecule has 0 aromatic heterocycles. The number of rotatable bonds is 4. The van der Waals surface area contributed by atoms with E-state index in [1.165, 1.54) is 0 Å². The van der Waals surface area contributed by atoms with Crippen LogP contribution >= 0.6 is 0 Å². The third kappa shape index (κ3) is 2.83. The molecule has 4 heteroatoms. The van der Waals surface area contributed by atoms with E-state index in [9.17, 15) is 14.7 Å². The number of amides is 1. The second-order valence-corrected chi connectivity index (χ2v) is 6.23. The van der Waals surface area contributed by atoms with Gasteiger partial charge in [0.15, 0.2) is 0 Å². The van der Waals surface area contributed by atoms with E-state index in [1.807, 2.05) is 54.6 Å². The van der Waals surface area contributed by atoms with Crippen molar-refractivity contribution in [3.63, 3.8) is 0 Å². The van der Waals surface area contributed by atoms with Crippen molar-refractivity contribution in [3.05, 3.63) is 60.2 Å². The van der Waals surface area contributed by atoms with Gasteiger partial charge in [0.2, 0.25) is 0 Å². The SMILES string of the molecule is CC(C)[C@@H](NC(=O)c1c2ccccc2cc2ccccc12)C(=O)O.